The van der Waals surface area contributed by atoms with Crippen LogP contribution in [0, 0.1) is 18.3 Å². The number of ether oxygens (including phenoxy) is 1. The van der Waals surface area contributed by atoms with Gasteiger partial charge < -0.3 is 14.2 Å². The number of amides is 1. The monoisotopic (exact) mass is 324 g/mol. The smallest absolute Gasteiger partial charge is 0.260 e. The Kier molecular flexibility index (Phi) is 4.80. The van der Waals surface area contributed by atoms with E-state index in [2.05, 4.69) is 15.6 Å². The van der Waals surface area contributed by atoms with Gasteiger partial charge in [-0.2, -0.15) is 5.26 Å². The summed E-state index contributed by atoms with van der Waals surface area (Å²) in [6, 6.07) is 9.11. The fraction of sp³-hybridized carbons (Fsp3) is 0.389. The molecule has 1 amide bonds. The number of aryl methyl sites for hydroxylation is 1. The molecule has 0 spiro atoms. The SMILES string of the molecule is Cc1nccn1[C@H]1CCCN(C(=O)COc2ccc(C#N)cc2)C1. The number of hydrogen-bond acceptors (Lipinski definition) is 4. The van der Waals surface area contributed by atoms with Crippen LogP contribution >= 0.6 is 0 Å². The van der Waals surface area contributed by atoms with Gasteiger partial charge in [0.25, 0.3) is 5.91 Å². The lowest BCUT2D eigenvalue weighted by atomic mass is 10.1. The summed E-state index contributed by atoms with van der Waals surface area (Å²) < 4.78 is 7.69. The Bertz CT molecular complexity index is 745. The molecule has 1 fully saturated rings. The second-order valence-electron chi connectivity index (χ2n) is 5.94. The number of benzene rings is 1. The molecule has 1 aromatic heterocycles. The van der Waals surface area contributed by atoms with E-state index in [9.17, 15) is 4.79 Å². The molecule has 0 bridgehead atoms. The first kappa shape index (κ1) is 16.1. The predicted molar refractivity (Wildman–Crippen MR) is 88.5 cm³/mol. The Balaban J connectivity index is 1.56. The molecule has 0 N–H and O–H groups in total. The van der Waals surface area contributed by atoms with Gasteiger partial charge in [-0.3, -0.25) is 4.79 Å². The van der Waals surface area contributed by atoms with E-state index < -0.39 is 0 Å². The number of piperidine rings is 1. The number of imidazole rings is 1. The Labute approximate surface area is 141 Å². The van der Waals surface area contributed by atoms with Crippen molar-refractivity contribution in [2.45, 2.75) is 25.8 Å². The summed E-state index contributed by atoms with van der Waals surface area (Å²) in [6.45, 7) is 3.45. The summed E-state index contributed by atoms with van der Waals surface area (Å²) >= 11 is 0. The van der Waals surface area contributed by atoms with Crippen LogP contribution in [0.2, 0.25) is 0 Å². The highest BCUT2D eigenvalue weighted by molar-refractivity contribution is 5.77. The van der Waals surface area contributed by atoms with Crippen LogP contribution in [0.4, 0.5) is 0 Å². The lowest BCUT2D eigenvalue weighted by Gasteiger charge is -2.33. The minimum Gasteiger partial charge on any atom is -0.484 e. The van der Waals surface area contributed by atoms with Gasteiger partial charge >= 0.3 is 0 Å². The van der Waals surface area contributed by atoms with Gasteiger partial charge in [0, 0.05) is 25.5 Å². The first-order chi connectivity index (χ1) is 11.7. The summed E-state index contributed by atoms with van der Waals surface area (Å²) in [4.78, 5) is 18.5. The molecule has 1 aliphatic rings. The Morgan fingerprint density at radius 1 is 1.42 bits per heavy atom. The van der Waals surface area contributed by atoms with Gasteiger partial charge in [-0.05, 0) is 44.0 Å². The molecular weight excluding hydrogens is 304 g/mol. The fourth-order valence-electron chi connectivity index (χ4n) is 3.04. The van der Waals surface area contributed by atoms with E-state index in [-0.39, 0.29) is 18.6 Å². The number of carbonyl (C=O) groups is 1. The third-order valence-electron chi connectivity index (χ3n) is 4.35. The maximum atomic E-state index is 12.4. The molecule has 1 atom stereocenters. The van der Waals surface area contributed by atoms with Crippen molar-refractivity contribution in [2.24, 2.45) is 0 Å². The lowest BCUT2D eigenvalue weighted by Crippen LogP contribution is -2.43. The first-order valence-corrected chi connectivity index (χ1v) is 8.07. The van der Waals surface area contributed by atoms with Gasteiger partial charge in [0.1, 0.15) is 11.6 Å². The highest BCUT2D eigenvalue weighted by atomic mass is 16.5. The van der Waals surface area contributed by atoms with Gasteiger partial charge in [0.15, 0.2) is 6.61 Å². The van der Waals surface area contributed by atoms with Gasteiger partial charge in [0.05, 0.1) is 17.7 Å². The molecule has 6 heteroatoms. The molecule has 2 aromatic rings. The molecule has 0 radical (unpaired) electrons. The Morgan fingerprint density at radius 2 is 2.21 bits per heavy atom. The molecule has 1 aliphatic heterocycles. The van der Waals surface area contributed by atoms with Gasteiger partial charge in [-0.1, -0.05) is 0 Å². The van der Waals surface area contributed by atoms with Gasteiger partial charge in [0.2, 0.25) is 0 Å². The minimum atomic E-state index is -0.0122. The Morgan fingerprint density at radius 3 is 2.88 bits per heavy atom. The molecule has 1 aromatic carbocycles. The molecule has 1 saturated heterocycles. The predicted octanol–water partition coefficient (Wildman–Crippen LogP) is 2.31. The largest absolute Gasteiger partial charge is 0.484 e. The zero-order valence-electron chi connectivity index (χ0n) is 13.7. The number of carbonyl (C=O) groups excluding carboxylic acids is 1. The van der Waals surface area contributed by atoms with Crippen molar-refractivity contribution in [3.05, 3.63) is 48.0 Å². The van der Waals surface area contributed by atoms with Crippen LogP contribution in [0.1, 0.15) is 30.3 Å². The van der Waals surface area contributed by atoms with Crippen molar-refractivity contribution in [1.82, 2.24) is 14.5 Å². The second kappa shape index (κ2) is 7.18. The van der Waals surface area contributed by atoms with Crippen LogP contribution < -0.4 is 4.74 Å². The Hall–Kier alpha value is -2.81. The number of likely N-dealkylation sites (tertiary alicyclic amines) is 1. The zero-order valence-corrected chi connectivity index (χ0v) is 13.7. The van der Waals surface area contributed by atoms with E-state index in [1.165, 1.54) is 0 Å². The average Bonchev–Trinajstić information content (AvgIpc) is 3.06. The second-order valence-corrected chi connectivity index (χ2v) is 5.94. The molecule has 24 heavy (non-hydrogen) atoms. The van der Waals surface area contributed by atoms with Crippen molar-refractivity contribution in [1.29, 1.82) is 5.26 Å². The quantitative estimate of drug-likeness (QED) is 0.865. The topological polar surface area (TPSA) is 71.2 Å². The van der Waals surface area contributed by atoms with Crippen molar-refractivity contribution in [2.75, 3.05) is 19.7 Å². The molecule has 0 unspecified atom stereocenters. The van der Waals surface area contributed by atoms with Crippen LogP contribution in [0.25, 0.3) is 0 Å². The van der Waals surface area contributed by atoms with E-state index in [1.807, 2.05) is 18.0 Å². The molecule has 0 aliphatic carbocycles. The van der Waals surface area contributed by atoms with E-state index in [0.717, 1.165) is 25.2 Å². The van der Waals surface area contributed by atoms with Crippen molar-refractivity contribution in [3.63, 3.8) is 0 Å². The summed E-state index contributed by atoms with van der Waals surface area (Å²) in [6.07, 6.45) is 5.80. The molecule has 6 nitrogen and oxygen atoms in total. The minimum absolute atomic E-state index is 0.0122. The third kappa shape index (κ3) is 3.57. The molecule has 124 valence electrons. The number of nitriles is 1. The highest BCUT2D eigenvalue weighted by Crippen LogP contribution is 2.23. The van der Waals surface area contributed by atoms with Crippen LogP contribution in [-0.2, 0) is 4.79 Å². The van der Waals surface area contributed by atoms with E-state index in [0.29, 0.717) is 17.9 Å². The first-order valence-electron chi connectivity index (χ1n) is 8.07. The average molecular weight is 324 g/mol. The van der Waals surface area contributed by atoms with E-state index in [4.69, 9.17) is 10.00 Å². The third-order valence-corrected chi connectivity index (χ3v) is 4.35. The standard InChI is InChI=1S/C18H20N4O2/c1-14-20-8-10-22(14)16-3-2-9-21(12-16)18(23)13-24-17-6-4-15(11-19)5-7-17/h4-8,10,16H,2-3,9,12-13H2,1H3/t16-/m0/s1. The molecule has 0 saturated carbocycles. The fourth-order valence-corrected chi connectivity index (χ4v) is 3.04. The maximum absolute atomic E-state index is 12.4. The number of nitrogens with zero attached hydrogens (tertiary/aromatic N) is 4. The molecular formula is C18H20N4O2. The van der Waals surface area contributed by atoms with Crippen LogP contribution in [0.15, 0.2) is 36.7 Å². The highest BCUT2D eigenvalue weighted by Gasteiger charge is 2.25. The number of aromatic nitrogens is 2. The maximum Gasteiger partial charge on any atom is 0.260 e. The van der Waals surface area contributed by atoms with Gasteiger partial charge in [-0.15, -0.1) is 0 Å². The van der Waals surface area contributed by atoms with Crippen LogP contribution in [-0.4, -0.2) is 40.1 Å². The molecule has 2 heterocycles. The van der Waals surface area contributed by atoms with Crippen molar-refractivity contribution in [3.8, 4) is 11.8 Å². The van der Waals surface area contributed by atoms with Crippen molar-refractivity contribution >= 4 is 5.91 Å². The zero-order chi connectivity index (χ0) is 16.9. The summed E-state index contributed by atoms with van der Waals surface area (Å²) in [7, 11) is 0. The summed E-state index contributed by atoms with van der Waals surface area (Å²) in [5, 5.41) is 8.78. The van der Waals surface area contributed by atoms with Gasteiger partial charge in [-0.25, -0.2) is 4.98 Å². The summed E-state index contributed by atoms with van der Waals surface area (Å²) in [5.41, 5.74) is 0.572. The number of hydrogen-bond donors (Lipinski definition) is 0. The molecule has 3 rings (SSSR count). The van der Waals surface area contributed by atoms with Crippen LogP contribution in [0.3, 0.4) is 0 Å². The van der Waals surface area contributed by atoms with Crippen LogP contribution in [0.5, 0.6) is 5.75 Å². The summed E-state index contributed by atoms with van der Waals surface area (Å²) in [5.74, 6) is 1.56. The van der Waals surface area contributed by atoms with Crippen molar-refractivity contribution < 1.29 is 9.53 Å². The lowest BCUT2D eigenvalue weighted by molar-refractivity contribution is -0.135. The normalized spacial score (nSPS) is 17.3. The van der Waals surface area contributed by atoms with E-state index >= 15 is 0 Å². The number of rotatable bonds is 4. The van der Waals surface area contributed by atoms with E-state index in [1.54, 1.807) is 30.5 Å².